The van der Waals surface area contributed by atoms with E-state index in [1.807, 2.05) is 0 Å². The second-order valence-corrected chi connectivity index (χ2v) is 3.33. The van der Waals surface area contributed by atoms with E-state index in [1.165, 1.54) is 17.4 Å². The molecular formula is C5H12NSn. The van der Waals surface area contributed by atoms with Crippen molar-refractivity contribution in [3.05, 3.63) is 0 Å². The zero-order valence-corrected chi connectivity index (χ0v) is 7.92. The fourth-order valence-electron chi connectivity index (χ4n) is 0.395. The molecule has 1 nitrogen and oxygen atoms in total. The van der Waals surface area contributed by atoms with Crippen LogP contribution in [0.3, 0.4) is 0 Å². The maximum absolute atomic E-state index is 2.23. The standard InChI is InChI=1S/C5H12N.Sn/c1-4-5-6(2)3;/h1,4-5H2,2-3H3;. The third-order valence-electron chi connectivity index (χ3n) is 0.782. The van der Waals surface area contributed by atoms with Crippen molar-refractivity contribution in [2.45, 2.75) is 10.9 Å². The van der Waals surface area contributed by atoms with E-state index in [4.69, 9.17) is 0 Å². The van der Waals surface area contributed by atoms with E-state index >= 15 is 0 Å². The molecule has 0 N–H and O–H groups in total. The summed E-state index contributed by atoms with van der Waals surface area (Å²) in [6.07, 6.45) is 1.37. The van der Waals surface area contributed by atoms with Crippen molar-refractivity contribution < 1.29 is 0 Å². The van der Waals surface area contributed by atoms with Gasteiger partial charge < -0.3 is 0 Å². The summed E-state index contributed by atoms with van der Waals surface area (Å²) in [4.78, 5) is 2.23. The Morgan fingerprint density at radius 2 is 2.00 bits per heavy atom. The van der Waals surface area contributed by atoms with Crippen LogP contribution in [0.5, 0.6) is 0 Å². The molecule has 2 heteroatoms. The van der Waals surface area contributed by atoms with Crippen LogP contribution in [0.1, 0.15) is 6.42 Å². The molecule has 0 fully saturated rings. The average molecular weight is 205 g/mol. The quantitative estimate of drug-likeness (QED) is 0.607. The van der Waals surface area contributed by atoms with Crippen molar-refractivity contribution in [3.8, 4) is 0 Å². The molecule has 0 saturated carbocycles. The first-order valence-corrected chi connectivity index (χ1v) is 4.58. The zero-order valence-electron chi connectivity index (χ0n) is 5.07. The molecule has 0 rings (SSSR count). The van der Waals surface area contributed by atoms with E-state index in [0.717, 1.165) is 0 Å². The molecule has 0 aromatic carbocycles. The molecule has 0 saturated heterocycles. The minimum atomic E-state index is 1.26. The van der Waals surface area contributed by atoms with Crippen molar-refractivity contribution in [1.29, 1.82) is 0 Å². The van der Waals surface area contributed by atoms with E-state index in [1.54, 1.807) is 22.5 Å². The molecule has 0 aliphatic rings. The molecule has 0 atom stereocenters. The SMILES string of the molecule is CN(C)CC[CH2][Sn]. The van der Waals surface area contributed by atoms with Gasteiger partial charge in [-0.1, -0.05) is 0 Å². The molecule has 0 heterocycles. The zero-order chi connectivity index (χ0) is 5.70. The van der Waals surface area contributed by atoms with Gasteiger partial charge >= 0.3 is 58.9 Å². The Kier molecular flexibility index (Phi) is 5.44. The Bertz CT molecular complexity index is 37.1. The van der Waals surface area contributed by atoms with Gasteiger partial charge in [-0.3, -0.25) is 0 Å². The van der Waals surface area contributed by atoms with E-state index in [-0.39, 0.29) is 0 Å². The van der Waals surface area contributed by atoms with Crippen LogP contribution >= 0.6 is 0 Å². The molecule has 0 bridgehead atoms. The Hall–Kier alpha value is 0.759. The van der Waals surface area contributed by atoms with Gasteiger partial charge in [-0.2, -0.15) is 0 Å². The van der Waals surface area contributed by atoms with Crippen molar-refractivity contribution in [3.63, 3.8) is 0 Å². The van der Waals surface area contributed by atoms with Crippen LogP contribution < -0.4 is 0 Å². The van der Waals surface area contributed by atoms with Gasteiger partial charge in [-0.25, -0.2) is 0 Å². The molecule has 0 aromatic heterocycles. The Morgan fingerprint density at radius 3 is 2.14 bits per heavy atom. The normalized spacial score (nSPS) is 10.3. The van der Waals surface area contributed by atoms with E-state index in [0.29, 0.717) is 0 Å². The van der Waals surface area contributed by atoms with Gasteiger partial charge in [0, 0.05) is 0 Å². The predicted octanol–water partition coefficient (Wildman–Crippen LogP) is 0.525. The van der Waals surface area contributed by atoms with E-state index in [9.17, 15) is 0 Å². The van der Waals surface area contributed by atoms with Crippen LogP contribution in [-0.4, -0.2) is 48.1 Å². The van der Waals surface area contributed by atoms with Gasteiger partial charge in [0.2, 0.25) is 0 Å². The predicted molar refractivity (Wildman–Crippen MR) is 33.7 cm³/mol. The molecule has 0 aliphatic carbocycles. The summed E-state index contributed by atoms with van der Waals surface area (Å²) >= 11 is 1.66. The molecule has 0 aromatic rings. The number of rotatable bonds is 3. The summed E-state index contributed by atoms with van der Waals surface area (Å²) in [5.41, 5.74) is 0. The molecule has 7 heavy (non-hydrogen) atoms. The van der Waals surface area contributed by atoms with Gasteiger partial charge in [0.05, 0.1) is 0 Å². The molecule has 0 unspecified atom stereocenters. The fourth-order valence-corrected chi connectivity index (χ4v) is 0.847. The first-order valence-electron chi connectivity index (χ1n) is 2.56. The summed E-state index contributed by atoms with van der Waals surface area (Å²) in [6.45, 7) is 1.26. The van der Waals surface area contributed by atoms with Crippen molar-refractivity contribution in [2.75, 3.05) is 20.6 Å². The molecule has 0 spiro atoms. The third-order valence-corrected chi connectivity index (χ3v) is 1.79. The summed E-state index contributed by atoms with van der Waals surface area (Å²) < 4.78 is 1.39. The van der Waals surface area contributed by atoms with E-state index < -0.39 is 0 Å². The van der Waals surface area contributed by atoms with Crippen LogP contribution in [0.25, 0.3) is 0 Å². The summed E-state index contributed by atoms with van der Waals surface area (Å²) in [7, 11) is 4.23. The average Bonchev–Trinajstić information content (AvgIpc) is 1.61. The fraction of sp³-hybridized carbons (Fsp3) is 1.00. The van der Waals surface area contributed by atoms with E-state index in [2.05, 4.69) is 19.0 Å². The van der Waals surface area contributed by atoms with Gasteiger partial charge in [-0.15, -0.1) is 0 Å². The second kappa shape index (κ2) is 4.91. The van der Waals surface area contributed by atoms with Crippen molar-refractivity contribution >= 4 is 22.5 Å². The van der Waals surface area contributed by atoms with Gasteiger partial charge in [0.15, 0.2) is 0 Å². The summed E-state index contributed by atoms with van der Waals surface area (Å²) in [6, 6.07) is 0. The molecule has 3 radical (unpaired) electrons. The summed E-state index contributed by atoms with van der Waals surface area (Å²) in [5.74, 6) is 0. The second-order valence-electron chi connectivity index (χ2n) is 1.91. The molecule has 0 amide bonds. The number of hydrogen-bond acceptors (Lipinski definition) is 1. The number of nitrogens with zero attached hydrogens (tertiary/aromatic N) is 1. The Labute approximate surface area is 59.2 Å². The van der Waals surface area contributed by atoms with Crippen LogP contribution in [0, 0.1) is 0 Å². The van der Waals surface area contributed by atoms with Crippen molar-refractivity contribution in [1.82, 2.24) is 4.90 Å². The van der Waals surface area contributed by atoms with Crippen LogP contribution in [-0.2, 0) is 0 Å². The van der Waals surface area contributed by atoms with Crippen LogP contribution in [0.15, 0.2) is 0 Å². The van der Waals surface area contributed by atoms with Gasteiger partial charge in [0.25, 0.3) is 0 Å². The van der Waals surface area contributed by atoms with Crippen LogP contribution in [0.4, 0.5) is 0 Å². The monoisotopic (exact) mass is 206 g/mol. The molecule has 0 aliphatic heterocycles. The minimum absolute atomic E-state index is 1.26. The first kappa shape index (κ1) is 7.76. The first-order chi connectivity index (χ1) is 3.27. The number of hydrogen-bond donors (Lipinski definition) is 0. The topological polar surface area (TPSA) is 3.24 Å². The van der Waals surface area contributed by atoms with Crippen LogP contribution in [0.2, 0.25) is 4.44 Å². The van der Waals surface area contributed by atoms with Gasteiger partial charge in [-0.05, 0) is 0 Å². The third kappa shape index (κ3) is 6.76. The maximum atomic E-state index is 2.23. The van der Waals surface area contributed by atoms with Gasteiger partial charge in [0.1, 0.15) is 0 Å². The Morgan fingerprint density at radius 1 is 1.43 bits per heavy atom. The molecular weight excluding hydrogens is 193 g/mol. The summed E-state index contributed by atoms with van der Waals surface area (Å²) in [5, 5.41) is 0. The molecule has 41 valence electrons. The Balaban J connectivity index is 2.68. The van der Waals surface area contributed by atoms with Crippen molar-refractivity contribution in [2.24, 2.45) is 0 Å².